The summed E-state index contributed by atoms with van der Waals surface area (Å²) in [7, 11) is 1.61. The zero-order valence-corrected chi connectivity index (χ0v) is 15.4. The van der Waals surface area contributed by atoms with Crippen LogP contribution < -0.4 is 14.8 Å². The second-order valence-corrected chi connectivity index (χ2v) is 6.08. The molecule has 0 aliphatic carbocycles. The third-order valence-electron chi connectivity index (χ3n) is 3.88. The number of carbonyl (C=O) groups excluding carboxylic acids is 1. The van der Waals surface area contributed by atoms with E-state index in [1.807, 2.05) is 43.3 Å². The lowest BCUT2D eigenvalue weighted by Gasteiger charge is -2.17. The summed E-state index contributed by atoms with van der Waals surface area (Å²) in [6.45, 7) is 2.52. The van der Waals surface area contributed by atoms with Gasteiger partial charge in [0.05, 0.1) is 7.11 Å². The largest absolute Gasteiger partial charge is 0.497 e. The molecule has 1 amide bonds. The Balaban J connectivity index is 1.78. The summed E-state index contributed by atoms with van der Waals surface area (Å²) in [5.41, 5.74) is 1.10. The highest BCUT2D eigenvalue weighted by Crippen LogP contribution is 2.19. The van der Waals surface area contributed by atoms with Gasteiger partial charge in [-0.1, -0.05) is 36.7 Å². The average Bonchev–Trinajstić information content (AvgIpc) is 2.65. The number of hydrogen-bond donors (Lipinski definition) is 1. The van der Waals surface area contributed by atoms with Crippen LogP contribution in [0, 0.1) is 0 Å². The molecule has 4 nitrogen and oxygen atoms in total. The fourth-order valence-electron chi connectivity index (χ4n) is 2.45. The Kier molecular flexibility index (Phi) is 7.61. The van der Waals surface area contributed by atoms with E-state index in [-0.39, 0.29) is 5.91 Å². The van der Waals surface area contributed by atoms with E-state index < -0.39 is 6.10 Å². The number of amides is 1. The van der Waals surface area contributed by atoms with Gasteiger partial charge in [0.15, 0.2) is 6.10 Å². The monoisotopic (exact) mass is 361 g/mol. The van der Waals surface area contributed by atoms with Crippen LogP contribution in [0.1, 0.15) is 25.3 Å². The predicted molar refractivity (Wildman–Crippen MR) is 100 cm³/mol. The van der Waals surface area contributed by atoms with Crippen molar-refractivity contribution in [3.63, 3.8) is 0 Å². The van der Waals surface area contributed by atoms with Crippen LogP contribution in [0.5, 0.6) is 11.5 Å². The van der Waals surface area contributed by atoms with Crippen LogP contribution in [0.15, 0.2) is 48.5 Å². The molecule has 5 heteroatoms. The summed E-state index contributed by atoms with van der Waals surface area (Å²) in [6, 6.07) is 15.0. The SMILES string of the molecule is CC[C@H](Oc1ccc(OC)cc1)C(=O)NCCCc1ccccc1Cl. The van der Waals surface area contributed by atoms with E-state index >= 15 is 0 Å². The zero-order valence-electron chi connectivity index (χ0n) is 14.6. The summed E-state index contributed by atoms with van der Waals surface area (Å²) < 4.78 is 10.9. The molecule has 0 bridgehead atoms. The molecule has 0 radical (unpaired) electrons. The van der Waals surface area contributed by atoms with Gasteiger partial charge in [0.1, 0.15) is 11.5 Å². The van der Waals surface area contributed by atoms with Gasteiger partial charge in [0, 0.05) is 11.6 Å². The Morgan fingerprint density at radius 1 is 1.12 bits per heavy atom. The Morgan fingerprint density at radius 3 is 2.44 bits per heavy atom. The first-order valence-electron chi connectivity index (χ1n) is 8.46. The molecule has 0 saturated carbocycles. The molecule has 2 aromatic rings. The minimum Gasteiger partial charge on any atom is -0.497 e. The highest BCUT2D eigenvalue weighted by Gasteiger charge is 2.17. The Morgan fingerprint density at radius 2 is 1.80 bits per heavy atom. The first kappa shape index (κ1) is 19.1. The number of benzene rings is 2. The minimum atomic E-state index is -0.506. The first-order valence-corrected chi connectivity index (χ1v) is 8.83. The number of carbonyl (C=O) groups is 1. The van der Waals surface area contributed by atoms with Crippen molar-refractivity contribution in [3.05, 3.63) is 59.1 Å². The van der Waals surface area contributed by atoms with Gasteiger partial charge in [0.2, 0.25) is 0 Å². The van der Waals surface area contributed by atoms with Crippen LogP contribution in [0.3, 0.4) is 0 Å². The van der Waals surface area contributed by atoms with Crippen molar-refractivity contribution in [2.45, 2.75) is 32.3 Å². The predicted octanol–water partition coefficient (Wildman–Crippen LogP) is 4.26. The Bertz CT molecular complexity index is 673. The smallest absolute Gasteiger partial charge is 0.261 e. The van der Waals surface area contributed by atoms with Crippen molar-refractivity contribution >= 4 is 17.5 Å². The molecule has 0 aromatic heterocycles. The molecule has 0 spiro atoms. The first-order chi connectivity index (χ1) is 12.1. The molecule has 2 aromatic carbocycles. The molecule has 25 heavy (non-hydrogen) atoms. The standard InChI is InChI=1S/C20H24ClNO3/c1-3-19(25-17-12-10-16(24-2)11-13-17)20(23)22-14-6-8-15-7-4-5-9-18(15)21/h4-5,7,9-13,19H,3,6,8,14H2,1-2H3,(H,22,23)/t19-/m0/s1. The lowest BCUT2D eigenvalue weighted by Crippen LogP contribution is -2.38. The van der Waals surface area contributed by atoms with Gasteiger partial charge in [-0.2, -0.15) is 0 Å². The fraction of sp³-hybridized carbons (Fsp3) is 0.350. The van der Waals surface area contributed by atoms with E-state index in [2.05, 4.69) is 5.32 Å². The third kappa shape index (κ3) is 5.98. The molecule has 0 aliphatic rings. The van der Waals surface area contributed by atoms with Gasteiger partial charge in [-0.05, 0) is 55.2 Å². The summed E-state index contributed by atoms with van der Waals surface area (Å²) in [5, 5.41) is 3.70. The Labute approximate surface area is 154 Å². The molecular weight excluding hydrogens is 338 g/mol. The van der Waals surface area contributed by atoms with Crippen molar-refractivity contribution in [3.8, 4) is 11.5 Å². The zero-order chi connectivity index (χ0) is 18.1. The van der Waals surface area contributed by atoms with Crippen LogP contribution in [0.2, 0.25) is 5.02 Å². The molecule has 0 fully saturated rings. The van der Waals surface area contributed by atoms with Crippen LogP contribution in [0.25, 0.3) is 0 Å². The van der Waals surface area contributed by atoms with Crippen molar-refractivity contribution in [2.75, 3.05) is 13.7 Å². The van der Waals surface area contributed by atoms with Gasteiger partial charge in [0.25, 0.3) is 5.91 Å². The number of rotatable bonds is 9. The van der Waals surface area contributed by atoms with E-state index in [1.165, 1.54) is 0 Å². The second-order valence-electron chi connectivity index (χ2n) is 5.68. The van der Waals surface area contributed by atoms with Gasteiger partial charge in [-0.15, -0.1) is 0 Å². The molecule has 2 rings (SSSR count). The third-order valence-corrected chi connectivity index (χ3v) is 4.25. The van der Waals surface area contributed by atoms with Crippen molar-refractivity contribution < 1.29 is 14.3 Å². The van der Waals surface area contributed by atoms with Crippen LogP contribution in [-0.2, 0) is 11.2 Å². The second kappa shape index (κ2) is 9.94. The lowest BCUT2D eigenvalue weighted by atomic mass is 10.1. The van der Waals surface area contributed by atoms with Crippen molar-refractivity contribution in [1.29, 1.82) is 0 Å². The maximum absolute atomic E-state index is 12.3. The fourth-order valence-corrected chi connectivity index (χ4v) is 2.68. The van der Waals surface area contributed by atoms with Gasteiger partial charge >= 0.3 is 0 Å². The number of nitrogens with one attached hydrogen (secondary N) is 1. The molecule has 0 unspecified atom stereocenters. The van der Waals surface area contributed by atoms with Gasteiger partial charge in [-0.3, -0.25) is 4.79 Å². The maximum Gasteiger partial charge on any atom is 0.261 e. The molecule has 0 saturated heterocycles. The lowest BCUT2D eigenvalue weighted by molar-refractivity contribution is -0.128. The maximum atomic E-state index is 12.3. The van der Waals surface area contributed by atoms with E-state index in [4.69, 9.17) is 21.1 Å². The number of methoxy groups -OCH3 is 1. The topological polar surface area (TPSA) is 47.6 Å². The van der Waals surface area contributed by atoms with Crippen LogP contribution in [0.4, 0.5) is 0 Å². The van der Waals surface area contributed by atoms with Gasteiger partial charge in [-0.25, -0.2) is 0 Å². The Hall–Kier alpha value is -2.20. The normalized spacial score (nSPS) is 11.6. The summed E-state index contributed by atoms with van der Waals surface area (Å²) >= 11 is 6.13. The van der Waals surface area contributed by atoms with E-state index in [1.54, 1.807) is 19.2 Å². The number of ether oxygens (including phenoxy) is 2. The van der Waals surface area contributed by atoms with E-state index in [0.717, 1.165) is 29.2 Å². The highest BCUT2D eigenvalue weighted by atomic mass is 35.5. The van der Waals surface area contributed by atoms with Gasteiger partial charge < -0.3 is 14.8 Å². The molecule has 1 atom stereocenters. The minimum absolute atomic E-state index is 0.0996. The summed E-state index contributed by atoms with van der Waals surface area (Å²) in [5.74, 6) is 1.31. The van der Waals surface area contributed by atoms with Crippen LogP contribution in [-0.4, -0.2) is 25.7 Å². The molecule has 1 N–H and O–H groups in total. The molecule has 0 heterocycles. The number of halogens is 1. The van der Waals surface area contributed by atoms with Crippen molar-refractivity contribution in [1.82, 2.24) is 5.32 Å². The molecule has 134 valence electrons. The summed E-state index contributed by atoms with van der Waals surface area (Å²) in [4.78, 5) is 12.3. The van der Waals surface area contributed by atoms with Crippen molar-refractivity contribution in [2.24, 2.45) is 0 Å². The average molecular weight is 362 g/mol. The van der Waals surface area contributed by atoms with E-state index in [9.17, 15) is 4.79 Å². The highest BCUT2D eigenvalue weighted by molar-refractivity contribution is 6.31. The number of aryl methyl sites for hydroxylation is 1. The van der Waals surface area contributed by atoms with Crippen LogP contribution >= 0.6 is 11.6 Å². The molecule has 0 aliphatic heterocycles. The molecular formula is C20H24ClNO3. The van der Waals surface area contributed by atoms with E-state index in [0.29, 0.717) is 18.7 Å². The number of hydrogen-bond acceptors (Lipinski definition) is 3. The summed E-state index contributed by atoms with van der Waals surface area (Å²) in [6.07, 6.45) is 1.75. The quantitative estimate of drug-likeness (QED) is 0.679.